The standard InChI is InChI=1S/C23H27N5O4/c1-13(2)20(26-22(29)16-10-18(31-4)12-19(11-16)32-5)23(30)25-17-8-6-15(7-9-17)21-24-14(3)27-28-21/h6-13,20H,1-5H3,(H,25,30)(H,26,29)(H,24,27,28). The van der Waals surface area contributed by atoms with E-state index < -0.39 is 11.9 Å². The molecule has 0 saturated carbocycles. The third-order valence-electron chi connectivity index (χ3n) is 4.86. The number of methoxy groups -OCH3 is 2. The highest BCUT2D eigenvalue weighted by Crippen LogP contribution is 2.23. The molecule has 2 amide bonds. The molecular formula is C23H27N5O4. The minimum Gasteiger partial charge on any atom is -0.497 e. The van der Waals surface area contributed by atoms with Gasteiger partial charge in [0.2, 0.25) is 5.91 Å². The van der Waals surface area contributed by atoms with Crippen LogP contribution in [0.15, 0.2) is 42.5 Å². The van der Waals surface area contributed by atoms with Crippen LogP contribution in [0.5, 0.6) is 11.5 Å². The zero-order valence-electron chi connectivity index (χ0n) is 18.7. The summed E-state index contributed by atoms with van der Waals surface area (Å²) >= 11 is 0. The molecule has 0 radical (unpaired) electrons. The number of aromatic amines is 1. The molecular weight excluding hydrogens is 410 g/mol. The van der Waals surface area contributed by atoms with Crippen molar-refractivity contribution in [2.75, 3.05) is 19.5 Å². The summed E-state index contributed by atoms with van der Waals surface area (Å²) in [5.74, 6) is 1.43. The summed E-state index contributed by atoms with van der Waals surface area (Å²) in [7, 11) is 3.02. The van der Waals surface area contributed by atoms with E-state index in [0.717, 1.165) is 11.4 Å². The molecule has 1 heterocycles. The maximum Gasteiger partial charge on any atom is 0.252 e. The monoisotopic (exact) mass is 437 g/mol. The van der Waals surface area contributed by atoms with Crippen LogP contribution in [-0.2, 0) is 4.79 Å². The number of anilines is 1. The van der Waals surface area contributed by atoms with Gasteiger partial charge in [0.05, 0.1) is 14.2 Å². The number of aryl methyl sites for hydroxylation is 1. The first-order chi connectivity index (χ1) is 15.3. The Morgan fingerprint density at radius 1 is 1.00 bits per heavy atom. The van der Waals surface area contributed by atoms with Gasteiger partial charge in [-0.2, -0.15) is 5.10 Å². The average Bonchev–Trinajstić information content (AvgIpc) is 3.23. The average molecular weight is 438 g/mol. The molecule has 3 aromatic rings. The number of carbonyl (C=O) groups excluding carboxylic acids is 2. The molecule has 0 bridgehead atoms. The summed E-state index contributed by atoms with van der Waals surface area (Å²) in [5.41, 5.74) is 1.77. The van der Waals surface area contributed by atoms with Gasteiger partial charge in [-0.15, -0.1) is 0 Å². The van der Waals surface area contributed by atoms with Gasteiger partial charge in [-0.1, -0.05) is 13.8 Å². The number of benzene rings is 2. The molecule has 0 fully saturated rings. The summed E-state index contributed by atoms with van der Waals surface area (Å²) in [6.45, 7) is 5.56. The second-order valence-electron chi connectivity index (χ2n) is 7.61. The first kappa shape index (κ1) is 22.8. The predicted molar refractivity (Wildman–Crippen MR) is 121 cm³/mol. The lowest BCUT2D eigenvalue weighted by atomic mass is 10.0. The van der Waals surface area contributed by atoms with Crippen LogP contribution in [0.25, 0.3) is 11.4 Å². The smallest absolute Gasteiger partial charge is 0.252 e. The number of ether oxygens (including phenoxy) is 2. The molecule has 3 rings (SSSR count). The number of nitrogens with zero attached hydrogens (tertiary/aromatic N) is 2. The zero-order valence-corrected chi connectivity index (χ0v) is 18.7. The van der Waals surface area contributed by atoms with Gasteiger partial charge in [0.15, 0.2) is 5.82 Å². The van der Waals surface area contributed by atoms with Crippen molar-refractivity contribution in [1.82, 2.24) is 20.5 Å². The van der Waals surface area contributed by atoms with E-state index in [9.17, 15) is 9.59 Å². The number of nitrogens with one attached hydrogen (secondary N) is 3. The highest BCUT2D eigenvalue weighted by atomic mass is 16.5. The fraction of sp³-hybridized carbons (Fsp3) is 0.304. The number of hydrogen-bond acceptors (Lipinski definition) is 6. The van der Waals surface area contributed by atoms with Gasteiger partial charge < -0.3 is 20.1 Å². The lowest BCUT2D eigenvalue weighted by Gasteiger charge is -2.22. The van der Waals surface area contributed by atoms with Crippen LogP contribution in [-0.4, -0.2) is 47.3 Å². The second kappa shape index (κ2) is 9.95. The Bertz CT molecular complexity index is 1070. The summed E-state index contributed by atoms with van der Waals surface area (Å²) in [6.07, 6.45) is 0. The van der Waals surface area contributed by atoms with Crippen molar-refractivity contribution < 1.29 is 19.1 Å². The molecule has 2 aromatic carbocycles. The molecule has 9 nitrogen and oxygen atoms in total. The molecule has 0 aliphatic rings. The third-order valence-corrected chi connectivity index (χ3v) is 4.86. The van der Waals surface area contributed by atoms with Crippen LogP contribution in [0.3, 0.4) is 0 Å². The molecule has 0 saturated heterocycles. The van der Waals surface area contributed by atoms with E-state index in [4.69, 9.17) is 9.47 Å². The largest absolute Gasteiger partial charge is 0.497 e. The predicted octanol–water partition coefficient (Wildman–Crippen LogP) is 3.19. The molecule has 1 unspecified atom stereocenters. The molecule has 1 aromatic heterocycles. The first-order valence-corrected chi connectivity index (χ1v) is 10.1. The minimum absolute atomic E-state index is 0.137. The number of H-pyrrole nitrogens is 1. The summed E-state index contributed by atoms with van der Waals surface area (Å²) in [6, 6.07) is 11.3. The highest BCUT2D eigenvalue weighted by molar-refractivity contribution is 6.01. The van der Waals surface area contributed by atoms with Gasteiger partial charge in [-0.3, -0.25) is 14.7 Å². The fourth-order valence-corrected chi connectivity index (χ4v) is 3.09. The number of carbonyl (C=O) groups is 2. The van der Waals surface area contributed by atoms with E-state index in [1.807, 2.05) is 32.9 Å². The topological polar surface area (TPSA) is 118 Å². The van der Waals surface area contributed by atoms with Gasteiger partial charge in [0.1, 0.15) is 23.4 Å². The Morgan fingerprint density at radius 2 is 1.62 bits per heavy atom. The van der Waals surface area contributed by atoms with Crippen molar-refractivity contribution in [2.24, 2.45) is 5.92 Å². The summed E-state index contributed by atoms with van der Waals surface area (Å²) in [5, 5.41) is 12.6. The fourth-order valence-electron chi connectivity index (χ4n) is 3.09. The SMILES string of the molecule is COc1cc(OC)cc(C(=O)NC(C(=O)Nc2ccc(-c3n[nH]c(C)n3)cc2)C(C)C)c1. The number of aromatic nitrogens is 3. The van der Waals surface area contributed by atoms with Crippen molar-refractivity contribution in [3.63, 3.8) is 0 Å². The third kappa shape index (κ3) is 5.42. The number of amides is 2. The van der Waals surface area contributed by atoms with E-state index in [2.05, 4.69) is 25.8 Å². The Morgan fingerprint density at radius 3 is 2.12 bits per heavy atom. The molecule has 0 spiro atoms. The van der Waals surface area contributed by atoms with Crippen molar-refractivity contribution in [2.45, 2.75) is 26.8 Å². The van der Waals surface area contributed by atoms with E-state index >= 15 is 0 Å². The van der Waals surface area contributed by atoms with Crippen LogP contribution >= 0.6 is 0 Å². The van der Waals surface area contributed by atoms with E-state index in [0.29, 0.717) is 28.6 Å². The van der Waals surface area contributed by atoms with Gasteiger partial charge in [-0.05, 0) is 49.2 Å². The normalized spacial score (nSPS) is 11.7. The quantitative estimate of drug-likeness (QED) is 0.498. The number of hydrogen-bond donors (Lipinski definition) is 3. The summed E-state index contributed by atoms with van der Waals surface area (Å²) in [4.78, 5) is 30.0. The van der Waals surface area contributed by atoms with Crippen molar-refractivity contribution in [1.29, 1.82) is 0 Å². The molecule has 32 heavy (non-hydrogen) atoms. The van der Waals surface area contributed by atoms with Crippen LogP contribution in [0.4, 0.5) is 5.69 Å². The molecule has 168 valence electrons. The van der Waals surface area contributed by atoms with E-state index in [1.165, 1.54) is 14.2 Å². The summed E-state index contributed by atoms with van der Waals surface area (Å²) < 4.78 is 10.4. The van der Waals surface area contributed by atoms with Gasteiger partial charge in [-0.25, -0.2) is 4.98 Å². The maximum absolute atomic E-state index is 12.9. The molecule has 3 N–H and O–H groups in total. The first-order valence-electron chi connectivity index (χ1n) is 10.1. The Balaban J connectivity index is 1.71. The Labute approximate surface area is 186 Å². The van der Waals surface area contributed by atoms with Crippen LogP contribution in [0.2, 0.25) is 0 Å². The number of rotatable bonds is 8. The molecule has 9 heteroatoms. The van der Waals surface area contributed by atoms with E-state index in [1.54, 1.807) is 30.3 Å². The second-order valence-corrected chi connectivity index (χ2v) is 7.61. The zero-order chi connectivity index (χ0) is 23.3. The Kier molecular flexibility index (Phi) is 7.09. The van der Waals surface area contributed by atoms with E-state index in [-0.39, 0.29) is 11.8 Å². The molecule has 1 atom stereocenters. The van der Waals surface area contributed by atoms with Crippen LogP contribution in [0.1, 0.15) is 30.0 Å². The van der Waals surface area contributed by atoms with Crippen molar-refractivity contribution in [3.05, 3.63) is 53.9 Å². The molecule has 0 aliphatic heterocycles. The van der Waals surface area contributed by atoms with Crippen LogP contribution in [0, 0.1) is 12.8 Å². The van der Waals surface area contributed by atoms with Gasteiger partial charge in [0, 0.05) is 22.9 Å². The molecule has 0 aliphatic carbocycles. The van der Waals surface area contributed by atoms with Gasteiger partial charge in [0.25, 0.3) is 5.91 Å². The lowest BCUT2D eigenvalue weighted by molar-refractivity contribution is -0.118. The minimum atomic E-state index is -0.741. The highest BCUT2D eigenvalue weighted by Gasteiger charge is 2.25. The van der Waals surface area contributed by atoms with Crippen LogP contribution < -0.4 is 20.1 Å². The van der Waals surface area contributed by atoms with Crippen molar-refractivity contribution >= 4 is 17.5 Å². The maximum atomic E-state index is 12.9. The van der Waals surface area contributed by atoms with Crippen molar-refractivity contribution in [3.8, 4) is 22.9 Å². The Hall–Kier alpha value is -3.88. The van der Waals surface area contributed by atoms with Gasteiger partial charge >= 0.3 is 0 Å². The lowest BCUT2D eigenvalue weighted by Crippen LogP contribution is -2.47.